The molecule has 0 unspecified atom stereocenters. The Kier molecular flexibility index (Phi) is 2.29. The molecule has 14 heavy (non-hydrogen) atoms. The second-order valence-corrected chi connectivity index (χ2v) is 3.61. The van der Waals surface area contributed by atoms with Crippen LogP contribution in [0, 0.1) is 0 Å². The predicted molar refractivity (Wildman–Crippen MR) is 58.0 cm³/mol. The summed E-state index contributed by atoms with van der Waals surface area (Å²) >= 11 is 1.41. The third-order valence-corrected chi connectivity index (χ3v) is 2.39. The van der Waals surface area contributed by atoms with Gasteiger partial charge in [0.1, 0.15) is 7.85 Å². The van der Waals surface area contributed by atoms with E-state index in [1.807, 2.05) is 6.26 Å². The molecule has 0 aliphatic rings. The van der Waals surface area contributed by atoms with Crippen LogP contribution in [0.3, 0.4) is 0 Å². The van der Waals surface area contributed by atoms with Crippen LogP contribution >= 0.6 is 11.8 Å². The highest BCUT2D eigenvalue weighted by Crippen LogP contribution is 2.12. The average molecular weight is 206 g/mol. The van der Waals surface area contributed by atoms with Crippen molar-refractivity contribution in [2.24, 2.45) is 0 Å². The van der Waals surface area contributed by atoms with Crippen LogP contribution in [0.25, 0.3) is 11.1 Å². The first-order valence-electron chi connectivity index (χ1n) is 4.02. The van der Waals surface area contributed by atoms with Crippen molar-refractivity contribution in [3.05, 3.63) is 22.7 Å². The van der Waals surface area contributed by atoms with Gasteiger partial charge in [-0.05, 0) is 17.8 Å². The Bertz CT molecular complexity index is 540. The summed E-state index contributed by atoms with van der Waals surface area (Å²) in [7, 11) is 1.70. The Morgan fingerprint density at radius 2 is 2.36 bits per heavy atom. The molecule has 4 nitrogen and oxygen atoms in total. The lowest BCUT2D eigenvalue weighted by atomic mass is 9.98. The van der Waals surface area contributed by atoms with Crippen molar-refractivity contribution in [1.82, 2.24) is 9.97 Å². The third-order valence-electron chi connectivity index (χ3n) is 1.82. The van der Waals surface area contributed by atoms with Gasteiger partial charge < -0.3 is 4.42 Å². The molecule has 0 saturated carbocycles. The quantitative estimate of drug-likeness (QED) is 0.359. The molecule has 2 aromatic heterocycles. The summed E-state index contributed by atoms with van der Waals surface area (Å²) in [5.41, 5.74) is 0.571. The number of hydrogen-bond donors (Lipinski definition) is 0. The van der Waals surface area contributed by atoms with E-state index in [0.29, 0.717) is 16.3 Å². The molecule has 6 heteroatoms. The van der Waals surface area contributed by atoms with E-state index in [0.717, 1.165) is 5.39 Å². The molecule has 2 aromatic rings. The average Bonchev–Trinajstić information content (AvgIpc) is 2.19. The number of nitrogens with zero attached hydrogens (tertiary/aromatic N) is 2. The summed E-state index contributed by atoms with van der Waals surface area (Å²) in [6.07, 6.45) is 3.53. The zero-order valence-electron chi connectivity index (χ0n) is 7.77. The first kappa shape index (κ1) is 9.27. The van der Waals surface area contributed by atoms with Gasteiger partial charge in [0.05, 0.1) is 5.39 Å². The number of hydrogen-bond acceptors (Lipinski definition) is 5. The van der Waals surface area contributed by atoms with E-state index in [4.69, 9.17) is 4.42 Å². The van der Waals surface area contributed by atoms with Crippen LogP contribution in [-0.2, 0) is 0 Å². The fourth-order valence-corrected chi connectivity index (χ4v) is 1.43. The lowest BCUT2D eigenvalue weighted by molar-refractivity contribution is 0.549. The van der Waals surface area contributed by atoms with Gasteiger partial charge in [0.2, 0.25) is 5.71 Å². The fourth-order valence-electron chi connectivity index (χ4n) is 1.10. The minimum atomic E-state index is -0.344. The van der Waals surface area contributed by atoms with Gasteiger partial charge in [0.25, 0.3) is 0 Å². The first-order valence-corrected chi connectivity index (χ1v) is 5.24. The standard InChI is InChI=1S/C8H7BN2O2S/c1-14-8-10-3-4-2-5(9)7(12)13-6(4)11-8/h2-3H,9H2,1H3. The number of aromatic nitrogens is 2. The third kappa shape index (κ3) is 1.53. The normalized spacial score (nSPS) is 10.6. The van der Waals surface area contributed by atoms with Gasteiger partial charge in [-0.25, -0.2) is 9.78 Å². The van der Waals surface area contributed by atoms with Gasteiger partial charge in [-0.15, -0.1) is 0 Å². The van der Waals surface area contributed by atoms with Crippen LogP contribution in [0.15, 0.2) is 26.6 Å². The van der Waals surface area contributed by atoms with Crippen LogP contribution in [0.5, 0.6) is 0 Å². The number of rotatable bonds is 1. The lowest BCUT2D eigenvalue weighted by Gasteiger charge is -1.98. The molecular weight excluding hydrogens is 199 g/mol. The monoisotopic (exact) mass is 206 g/mol. The summed E-state index contributed by atoms with van der Waals surface area (Å²) in [6, 6.07) is 1.73. The molecule has 0 aliphatic heterocycles. The topological polar surface area (TPSA) is 56.0 Å². The largest absolute Gasteiger partial charge is 0.404 e. The Morgan fingerprint density at radius 1 is 1.57 bits per heavy atom. The molecule has 0 N–H and O–H groups in total. The Morgan fingerprint density at radius 3 is 3.07 bits per heavy atom. The predicted octanol–water partition coefficient (Wildman–Crippen LogP) is -0.437. The van der Waals surface area contributed by atoms with Crippen molar-refractivity contribution in [3.8, 4) is 0 Å². The molecule has 0 aliphatic carbocycles. The van der Waals surface area contributed by atoms with E-state index in [1.54, 1.807) is 20.1 Å². The van der Waals surface area contributed by atoms with Crippen LogP contribution in [0.4, 0.5) is 0 Å². The maximum absolute atomic E-state index is 11.2. The van der Waals surface area contributed by atoms with Crippen molar-refractivity contribution < 1.29 is 4.42 Å². The smallest absolute Gasteiger partial charge is 0.331 e. The highest BCUT2D eigenvalue weighted by Gasteiger charge is 2.03. The molecule has 2 rings (SSSR count). The zero-order valence-corrected chi connectivity index (χ0v) is 8.59. The molecule has 0 amide bonds. The summed E-state index contributed by atoms with van der Waals surface area (Å²) in [5.74, 6) is 0. The molecule has 0 aromatic carbocycles. The van der Waals surface area contributed by atoms with Crippen LogP contribution in [0.2, 0.25) is 0 Å². The van der Waals surface area contributed by atoms with Crippen LogP contribution in [0.1, 0.15) is 0 Å². The molecular formula is C8H7BN2O2S. The summed E-state index contributed by atoms with van der Waals surface area (Å²) in [4.78, 5) is 19.4. The van der Waals surface area contributed by atoms with Crippen molar-refractivity contribution in [2.45, 2.75) is 5.16 Å². The summed E-state index contributed by atoms with van der Waals surface area (Å²) in [6.45, 7) is 0. The van der Waals surface area contributed by atoms with Gasteiger partial charge in [-0.3, -0.25) is 0 Å². The van der Waals surface area contributed by atoms with Crippen LogP contribution in [-0.4, -0.2) is 24.1 Å². The molecule has 0 bridgehead atoms. The van der Waals surface area contributed by atoms with Gasteiger partial charge in [0, 0.05) is 6.20 Å². The maximum Gasteiger partial charge on any atom is 0.331 e. The first-order chi connectivity index (χ1) is 6.70. The number of fused-ring (bicyclic) bond motifs is 1. The SMILES string of the molecule is Bc1cc2cnc(SC)nc2oc1=O. The Balaban J connectivity index is 2.77. The molecule has 2 heterocycles. The van der Waals surface area contributed by atoms with E-state index >= 15 is 0 Å². The molecule has 0 saturated heterocycles. The van der Waals surface area contributed by atoms with Crippen molar-refractivity contribution in [1.29, 1.82) is 0 Å². The van der Waals surface area contributed by atoms with E-state index in [-0.39, 0.29) is 5.63 Å². The zero-order chi connectivity index (χ0) is 10.1. The molecule has 70 valence electrons. The highest BCUT2D eigenvalue weighted by molar-refractivity contribution is 7.98. The van der Waals surface area contributed by atoms with Gasteiger partial charge in [-0.1, -0.05) is 11.8 Å². The summed E-state index contributed by atoms with van der Waals surface area (Å²) in [5, 5.41) is 1.35. The fraction of sp³-hybridized carbons (Fsp3) is 0.125. The summed E-state index contributed by atoms with van der Waals surface area (Å²) < 4.78 is 5.01. The van der Waals surface area contributed by atoms with E-state index in [9.17, 15) is 4.79 Å². The van der Waals surface area contributed by atoms with Gasteiger partial charge in [0.15, 0.2) is 5.16 Å². The van der Waals surface area contributed by atoms with E-state index in [2.05, 4.69) is 9.97 Å². The van der Waals surface area contributed by atoms with Crippen molar-refractivity contribution in [2.75, 3.05) is 6.26 Å². The second kappa shape index (κ2) is 3.45. The van der Waals surface area contributed by atoms with E-state index < -0.39 is 0 Å². The Labute approximate surface area is 85.2 Å². The van der Waals surface area contributed by atoms with Crippen molar-refractivity contribution >= 4 is 36.2 Å². The minimum Gasteiger partial charge on any atom is -0.404 e. The molecule has 0 atom stereocenters. The second-order valence-electron chi connectivity index (χ2n) is 2.83. The highest BCUT2D eigenvalue weighted by atomic mass is 32.2. The maximum atomic E-state index is 11.2. The van der Waals surface area contributed by atoms with Gasteiger partial charge in [-0.2, -0.15) is 4.98 Å². The molecule has 0 radical (unpaired) electrons. The molecule has 0 spiro atoms. The minimum absolute atomic E-state index is 0.344. The number of thioether (sulfide) groups is 1. The van der Waals surface area contributed by atoms with Gasteiger partial charge >= 0.3 is 5.63 Å². The Hall–Kier alpha value is -1.30. The lowest BCUT2D eigenvalue weighted by Crippen LogP contribution is -2.23. The molecule has 0 fully saturated rings. The van der Waals surface area contributed by atoms with E-state index in [1.165, 1.54) is 11.8 Å². The van der Waals surface area contributed by atoms with Crippen molar-refractivity contribution in [3.63, 3.8) is 0 Å². The van der Waals surface area contributed by atoms with Crippen LogP contribution < -0.4 is 11.1 Å².